The molecule has 0 saturated carbocycles. The van der Waals surface area contributed by atoms with E-state index < -0.39 is 0 Å². The van der Waals surface area contributed by atoms with Crippen molar-refractivity contribution in [2.24, 2.45) is 0 Å². The molecule has 122 valence electrons. The lowest BCUT2D eigenvalue weighted by Crippen LogP contribution is -2.30. The van der Waals surface area contributed by atoms with E-state index in [4.69, 9.17) is 0 Å². The van der Waals surface area contributed by atoms with Crippen LogP contribution in [0.3, 0.4) is 0 Å². The normalized spacial score (nSPS) is 14.7. The van der Waals surface area contributed by atoms with Crippen molar-refractivity contribution in [1.29, 1.82) is 0 Å². The van der Waals surface area contributed by atoms with Crippen molar-refractivity contribution in [1.82, 2.24) is 20.0 Å². The summed E-state index contributed by atoms with van der Waals surface area (Å²) in [5.41, 5.74) is 4.49. The highest BCUT2D eigenvalue weighted by atomic mass is 32.2. The lowest BCUT2D eigenvalue weighted by molar-refractivity contribution is -0.118. The summed E-state index contributed by atoms with van der Waals surface area (Å²) in [7, 11) is 0. The number of nitrogens with zero attached hydrogens (tertiary/aromatic N) is 2. The Balaban J connectivity index is 1.42. The molecule has 0 fully saturated rings. The predicted molar refractivity (Wildman–Crippen MR) is 94.7 cm³/mol. The summed E-state index contributed by atoms with van der Waals surface area (Å²) in [5, 5.41) is 6.26. The third kappa shape index (κ3) is 4.59. The van der Waals surface area contributed by atoms with Crippen LogP contribution in [0.25, 0.3) is 5.65 Å². The number of hydrogen-bond acceptors (Lipinski definition) is 4. The third-order valence-electron chi connectivity index (χ3n) is 3.80. The lowest BCUT2D eigenvalue weighted by atomic mass is 10.1. The van der Waals surface area contributed by atoms with E-state index >= 15 is 0 Å². The average Bonchev–Trinajstić information content (AvgIpc) is 2.95. The molecule has 1 amide bonds. The van der Waals surface area contributed by atoms with E-state index in [2.05, 4.69) is 40.9 Å². The van der Waals surface area contributed by atoms with Gasteiger partial charge in [-0.25, -0.2) is 4.98 Å². The molecule has 0 aromatic carbocycles. The van der Waals surface area contributed by atoms with Gasteiger partial charge < -0.3 is 15.0 Å². The summed E-state index contributed by atoms with van der Waals surface area (Å²) in [6.07, 6.45) is 7.28. The number of fused-ring (bicyclic) bond motifs is 1. The zero-order valence-electron chi connectivity index (χ0n) is 13.3. The number of imidazole rings is 1. The van der Waals surface area contributed by atoms with Crippen LogP contribution in [0.2, 0.25) is 0 Å². The molecule has 5 nitrogen and oxygen atoms in total. The largest absolute Gasteiger partial charge is 0.352 e. The molecule has 1 aliphatic rings. The maximum Gasteiger partial charge on any atom is 0.230 e. The van der Waals surface area contributed by atoms with Gasteiger partial charge in [0.15, 0.2) is 0 Å². The van der Waals surface area contributed by atoms with Gasteiger partial charge >= 0.3 is 0 Å². The summed E-state index contributed by atoms with van der Waals surface area (Å²) in [4.78, 5) is 16.5. The Labute approximate surface area is 140 Å². The van der Waals surface area contributed by atoms with Crippen LogP contribution < -0.4 is 10.6 Å². The van der Waals surface area contributed by atoms with E-state index in [9.17, 15) is 4.79 Å². The second-order valence-corrected chi connectivity index (χ2v) is 6.78. The highest BCUT2D eigenvalue weighted by Crippen LogP contribution is 2.13. The molecule has 3 rings (SSSR count). The number of amides is 1. The molecule has 0 radical (unpaired) electrons. The molecular formula is C17H22N4OS. The second-order valence-electron chi connectivity index (χ2n) is 5.79. The van der Waals surface area contributed by atoms with Gasteiger partial charge in [-0.2, -0.15) is 0 Å². The fraction of sp³-hybridized carbons (Fsp3) is 0.412. The SMILES string of the molecule is Cc1ccc2nc(CSCC(=O)NCC3=CCNCC3)cn2c1. The number of hydrogen-bond donors (Lipinski definition) is 2. The molecule has 0 aliphatic carbocycles. The van der Waals surface area contributed by atoms with Gasteiger partial charge in [-0.05, 0) is 31.5 Å². The molecule has 2 N–H and O–H groups in total. The van der Waals surface area contributed by atoms with Gasteiger partial charge in [0.2, 0.25) is 5.91 Å². The maximum atomic E-state index is 11.9. The van der Waals surface area contributed by atoms with Gasteiger partial charge in [-0.3, -0.25) is 4.79 Å². The van der Waals surface area contributed by atoms with Gasteiger partial charge in [0.1, 0.15) is 5.65 Å². The van der Waals surface area contributed by atoms with Crippen molar-refractivity contribution in [2.75, 3.05) is 25.4 Å². The summed E-state index contributed by atoms with van der Waals surface area (Å²) in [6, 6.07) is 4.07. The van der Waals surface area contributed by atoms with E-state index in [1.807, 2.05) is 16.7 Å². The summed E-state index contributed by atoms with van der Waals surface area (Å²) in [6.45, 7) is 4.65. The molecule has 6 heteroatoms. The molecule has 2 aromatic rings. The standard InChI is InChI=1S/C17H22N4OS/c1-13-2-3-16-20-15(10-21(16)9-13)11-23-12-17(22)19-8-14-4-6-18-7-5-14/h2-4,9-10,18H,5-8,11-12H2,1H3,(H,19,22). The smallest absolute Gasteiger partial charge is 0.230 e. The van der Waals surface area contributed by atoms with Crippen molar-refractivity contribution < 1.29 is 4.79 Å². The maximum absolute atomic E-state index is 11.9. The zero-order chi connectivity index (χ0) is 16.1. The number of aromatic nitrogens is 2. The van der Waals surface area contributed by atoms with Crippen LogP contribution in [-0.2, 0) is 10.5 Å². The van der Waals surface area contributed by atoms with E-state index in [0.29, 0.717) is 12.3 Å². The molecule has 23 heavy (non-hydrogen) atoms. The zero-order valence-corrected chi connectivity index (χ0v) is 14.2. The van der Waals surface area contributed by atoms with Crippen LogP contribution in [0.5, 0.6) is 0 Å². The van der Waals surface area contributed by atoms with Gasteiger partial charge in [0.05, 0.1) is 11.4 Å². The molecule has 0 unspecified atom stereocenters. The molecule has 0 saturated heterocycles. The third-order valence-corrected chi connectivity index (χ3v) is 4.77. The Kier molecular flexibility index (Phi) is 5.35. The number of carbonyl (C=O) groups is 1. The van der Waals surface area contributed by atoms with Gasteiger partial charge in [-0.1, -0.05) is 17.7 Å². The van der Waals surface area contributed by atoms with Crippen LogP contribution in [0.1, 0.15) is 17.7 Å². The van der Waals surface area contributed by atoms with Crippen molar-refractivity contribution in [3.05, 3.63) is 47.4 Å². The Morgan fingerprint density at radius 2 is 2.35 bits per heavy atom. The van der Waals surface area contributed by atoms with Gasteiger partial charge in [-0.15, -0.1) is 11.8 Å². The first-order valence-corrected chi connectivity index (χ1v) is 9.03. The summed E-state index contributed by atoms with van der Waals surface area (Å²) >= 11 is 1.60. The number of carbonyl (C=O) groups excluding carboxylic acids is 1. The minimum absolute atomic E-state index is 0.0917. The van der Waals surface area contributed by atoms with Crippen molar-refractivity contribution in [3.8, 4) is 0 Å². The quantitative estimate of drug-likeness (QED) is 0.795. The molecule has 3 heterocycles. The van der Waals surface area contributed by atoms with E-state index in [0.717, 1.165) is 36.6 Å². The number of nitrogens with one attached hydrogen (secondary N) is 2. The summed E-state index contributed by atoms with van der Waals surface area (Å²) < 4.78 is 2.04. The number of aryl methyl sites for hydroxylation is 1. The number of pyridine rings is 1. The Morgan fingerprint density at radius 1 is 1.43 bits per heavy atom. The van der Waals surface area contributed by atoms with Crippen LogP contribution in [0, 0.1) is 6.92 Å². The molecule has 1 aliphatic heterocycles. The van der Waals surface area contributed by atoms with Gasteiger partial charge in [0.25, 0.3) is 0 Å². The predicted octanol–water partition coefficient (Wildman–Crippen LogP) is 1.91. The molecule has 0 spiro atoms. The Morgan fingerprint density at radius 3 is 3.17 bits per heavy atom. The fourth-order valence-corrected chi connectivity index (χ4v) is 3.30. The molecule has 0 atom stereocenters. The highest BCUT2D eigenvalue weighted by molar-refractivity contribution is 7.99. The van der Waals surface area contributed by atoms with Crippen LogP contribution in [0.4, 0.5) is 0 Å². The first-order valence-electron chi connectivity index (χ1n) is 7.88. The van der Waals surface area contributed by atoms with E-state index in [1.165, 1.54) is 11.1 Å². The van der Waals surface area contributed by atoms with E-state index in [1.54, 1.807) is 11.8 Å². The van der Waals surface area contributed by atoms with Crippen LogP contribution in [-0.4, -0.2) is 40.7 Å². The van der Waals surface area contributed by atoms with Crippen LogP contribution in [0.15, 0.2) is 36.2 Å². The first kappa shape index (κ1) is 16.1. The molecule has 2 aromatic heterocycles. The molecular weight excluding hydrogens is 308 g/mol. The van der Waals surface area contributed by atoms with Crippen LogP contribution >= 0.6 is 11.8 Å². The van der Waals surface area contributed by atoms with Gasteiger partial charge in [0, 0.05) is 31.2 Å². The highest BCUT2D eigenvalue weighted by Gasteiger charge is 2.07. The van der Waals surface area contributed by atoms with Crippen molar-refractivity contribution >= 4 is 23.3 Å². The Hall–Kier alpha value is -1.79. The Bertz CT molecular complexity index is 722. The van der Waals surface area contributed by atoms with Crippen molar-refractivity contribution in [2.45, 2.75) is 19.1 Å². The number of thioether (sulfide) groups is 1. The molecule has 0 bridgehead atoms. The monoisotopic (exact) mass is 330 g/mol. The second kappa shape index (κ2) is 7.66. The minimum Gasteiger partial charge on any atom is -0.352 e. The lowest BCUT2D eigenvalue weighted by Gasteiger charge is -2.14. The number of rotatable bonds is 6. The topological polar surface area (TPSA) is 58.4 Å². The first-order chi connectivity index (χ1) is 11.2. The minimum atomic E-state index is 0.0917. The average molecular weight is 330 g/mol. The summed E-state index contributed by atoms with van der Waals surface area (Å²) in [5.74, 6) is 1.31. The van der Waals surface area contributed by atoms with Crippen molar-refractivity contribution in [3.63, 3.8) is 0 Å². The fourth-order valence-electron chi connectivity index (χ4n) is 2.57. The van der Waals surface area contributed by atoms with E-state index in [-0.39, 0.29) is 5.91 Å².